The van der Waals surface area contributed by atoms with Crippen molar-refractivity contribution in [1.29, 1.82) is 0 Å². The highest BCUT2D eigenvalue weighted by atomic mass is 15.3. The summed E-state index contributed by atoms with van der Waals surface area (Å²) in [7, 11) is 0. The zero-order valence-electron chi connectivity index (χ0n) is 9.27. The summed E-state index contributed by atoms with van der Waals surface area (Å²) in [6.07, 6.45) is 4.56. The third kappa shape index (κ3) is 3.87. The first-order valence-electron chi connectivity index (χ1n) is 5.25. The molecule has 4 nitrogen and oxygen atoms in total. The van der Waals surface area contributed by atoms with Crippen LogP contribution in [0.3, 0.4) is 0 Å². The molecule has 0 aromatic carbocycles. The van der Waals surface area contributed by atoms with Crippen LogP contribution < -0.4 is 5.32 Å². The van der Waals surface area contributed by atoms with Crippen LogP contribution in [0.5, 0.6) is 0 Å². The lowest BCUT2D eigenvalue weighted by atomic mass is 10.1. The molecule has 0 aliphatic rings. The summed E-state index contributed by atoms with van der Waals surface area (Å²) >= 11 is 0. The van der Waals surface area contributed by atoms with E-state index in [0.29, 0.717) is 6.04 Å². The van der Waals surface area contributed by atoms with Crippen LogP contribution in [0.4, 0.5) is 0 Å². The second-order valence-corrected chi connectivity index (χ2v) is 4.11. The molecule has 4 heteroatoms. The van der Waals surface area contributed by atoms with E-state index in [1.165, 1.54) is 6.42 Å². The molecule has 80 valence electrons. The summed E-state index contributed by atoms with van der Waals surface area (Å²) in [6.45, 7) is 8.65. The van der Waals surface area contributed by atoms with E-state index in [9.17, 15) is 0 Å². The van der Waals surface area contributed by atoms with Crippen LogP contribution in [0.15, 0.2) is 12.7 Å². The quantitative estimate of drug-likeness (QED) is 0.701. The lowest BCUT2D eigenvalue weighted by molar-refractivity contribution is 0.438. The van der Waals surface area contributed by atoms with Gasteiger partial charge in [0.05, 0.1) is 6.04 Å². The number of rotatable bonds is 6. The zero-order chi connectivity index (χ0) is 10.4. The van der Waals surface area contributed by atoms with Crippen molar-refractivity contribution >= 4 is 0 Å². The topological polar surface area (TPSA) is 42.7 Å². The highest BCUT2D eigenvalue weighted by Gasteiger charge is 2.03. The smallest absolute Gasteiger partial charge is 0.137 e. The van der Waals surface area contributed by atoms with Crippen LogP contribution in [0.25, 0.3) is 0 Å². The van der Waals surface area contributed by atoms with Crippen molar-refractivity contribution < 1.29 is 0 Å². The van der Waals surface area contributed by atoms with Gasteiger partial charge in [0.25, 0.3) is 0 Å². The van der Waals surface area contributed by atoms with Crippen molar-refractivity contribution in [3.63, 3.8) is 0 Å². The predicted octanol–water partition coefficient (Wildman–Crippen LogP) is 1.47. The Morgan fingerprint density at radius 2 is 2.14 bits per heavy atom. The molecule has 0 aliphatic carbocycles. The largest absolute Gasteiger partial charge is 0.315 e. The Labute approximate surface area is 85.7 Å². The molecule has 1 rings (SSSR count). The van der Waals surface area contributed by atoms with Crippen LogP contribution in [0.1, 0.15) is 33.2 Å². The van der Waals surface area contributed by atoms with Gasteiger partial charge in [-0.05, 0) is 25.8 Å². The minimum Gasteiger partial charge on any atom is -0.315 e. The van der Waals surface area contributed by atoms with Gasteiger partial charge in [-0.1, -0.05) is 13.8 Å². The van der Waals surface area contributed by atoms with Crippen LogP contribution in [0.2, 0.25) is 0 Å². The van der Waals surface area contributed by atoms with Crippen LogP contribution >= 0.6 is 0 Å². The van der Waals surface area contributed by atoms with E-state index in [4.69, 9.17) is 0 Å². The molecule has 14 heavy (non-hydrogen) atoms. The molecule has 0 saturated carbocycles. The monoisotopic (exact) mass is 196 g/mol. The molecule has 0 amide bonds. The predicted molar refractivity (Wildman–Crippen MR) is 57.1 cm³/mol. The number of nitrogens with one attached hydrogen (secondary N) is 1. The van der Waals surface area contributed by atoms with Crippen molar-refractivity contribution in [1.82, 2.24) is 20.1 Å². The van der Waals surface area contributed by atoms with E-state index < -0.39 is 0 Å². The molecule has 0 radical (unpaired) electrons. The Bertz CT molecular complexity index is 230. The van der Waals surface area contributed by atoms with E-state index in [0.717, 1.165) is 19.0 Å². The van der Waals surface area contributed by atoms with Crippen LogP contribution in [0, 0.1) is 5.92 Å². The van der Waals surface area contributed by atoms with Gasteiger partial charge in [-0.25, -0.2) is 9.67 Å². The van der Waals surface area contributed by atoms with Gasteiger partial charge >= 0.3 is 0 Å². The van der Waals surface area contributed by atoms with Gasteiger partial charge in [0.2, 0.25) is 0 Å². The first-order valence-corrected chi connectivity index (χ1v) is 5.25. The van der Waals surface area contributed by atoms with Crippen molar-refractivity contribution in [2.24, 2.45) is 5.92 Å². The Hall–Kier alpha value is -0.900. The maximum atomic E-state index is 4.10. The SMILES string of the molecule is CC(C)CCNCC(C)n1cncn1. The van der Waals surface area contributed by atoms with Gasteiger partial charge in [0, 0.05) is 6.54 Å². The summed E-state index contributed by atoms with van der Waals surface area (Å²) in [5, 5.41) is 7.51. The number of hydrogen-bond acceptors (Lipinski definition) is 3. The Morgan fingerprint density at radius 1 is 1.36 bits per heavy atom. The second-order valence-electron chi connectivity index (χ2n) is 4.11. The summed E-state index contributed by atoms with van der Waals surface area (Å²) in [5.41, 5.74) is 0. The Balaban J connectivity index is 2.13. The number of hydrogen-bond donors (Lipinski definition) is 1. The molecule has 1 aromatic rings. The molecular formula is C10H20N4. The molecule has 0 fully saturated rings. The number of nitrogens with zero attached hydrogens (tertiary/aromatic N) is 3. The second kappa shape index (κ2) is 5.75. The summed E-state index contributed by atoms with van der Waals surface area (Å²) in [5.74, 6) is 0.768. The van der Waals surface area contributed by atoms with Gasteiger partial charge in [0.15, 0.2) is 0 Å². The lowest BCUT2D eigenvalue weighted by Gasteiger charge is -2.13. The molecule has 0 bridgehead atoms. The van der Waals surface area contributed by atoms with Crippen molar-refractivity contribution in [3.8, 4) is 0 Å². The van der Waals surface area contributed by atoms with Gasteiger partial charge in [-0.3, -0.25) is 0 Å². The fourth-order valence-electron chi connectivity index (χ4n) is 1.24. The van der Waals surface area contributed by atoms with Gasteiger partial charge in [-0.15, -0.1) is 0 Å². The average molecular weight is 196 g/mol. The van der Waals surface area contributed by atoms with Crippen molar-refractivity contribution in [2.45, 2.75) is 33.2 Å². The first-order chi connectivity index (χ1) is 6.70. The minimum atomic E-state index is 0.379. The molecule has 0 saturated heterocycles. The fraction of sp³-hybridized carbons (Fsp3) is 0.800. The Morgan fingerprint density at radius 3 is 2.71 bits per heavy atom. The maximum Gasteiger partial charge on any atom is 0.137 e. The van der Waals surface area contributed by atoms with E-state index in [1.54, 1.807) is 12.7 Å². The normalized spacial score (nSPS) is 13.4. The van der Waals surface area contributed by atoms with Gasteiger partial charge < -0.3 is 5.32 Å². The molecule has 1 N–H and O–H groups in total. The van der Waals surface area contributed by atoms with Crippen molar-refractivity contribution in [3.05, 3.63) is 12.7 Å². The maximum absolute atomic E-state index is 4.10. The average Bonchev–Trinajstić information content (AvgIpc) is 2.64. The summed E-state index contributed by atoms with van der Waals surface area (Å²) < 4.78 is 1.88. The van der Waals surface area contributed by atoms with Gasteiger partial charge in [-0.2, -0.15) is 5.10 Å². The lowest BCUT2D eigenvalue weighted by Crippen LogP contribution is -2.25. The first kappa shape index (κ1) is 11.2. The van der Waals surface area contributed by atoms with Crippen molar-refractivity contribution in [2.75, 3.05) is 13.1 Å². The Kier molecular flexibility index (Phi) is 4.59. The minimum absolute atomic E-state index is 0.379. The molecule has 1 heterocycles. The molecule has 1 atom stereocenters. The molecule has 0 spiro atoms. The summed E-state index contributed by atoms with van der Waals surface area (Å²) in [6, 6.07) is 0.379. The molecular weight excluding hydrogens is 176 g/mol. The molecule has 1 aromatic heterocycles. The van der Waals surface area contributed by atoms with E-state index in [2.05, 4.69) is 36.2 Å². The standard InChI is InChI=1S/C10H20N4/c1-9(2)4-5-11-6-10(3)14-8-12-7-13-14/h7-11H,4-6H2,1-3H3. The fourth-order valence-corrected chi connectivity index (χ4v) is 1.24. The molecule has 1 unspecified atom stereocenters. The third-order valence-corrected chi connectivity index (χ3v) is 2.23. The van der Waals surface area contributed by atoms with E-state index in [-0.39, 0.29) is 0 Å². The van der Waals surface area contributed by atoms with E-state index >= 15 is 0 Å². The van der Waals surface area contributed by atoms with Gasteiger partial charge in [0.1, 0.15) is 12.7 Å². The van der Waals surface area contributed by atoms with Crippen LogP contribution in [-0.4, -0.2) is 27.9 Å². The zero-order valence-corrected chi connectivity index (χ0v) is 9.27. The van der Waals surface area contributed by atoms with Crippen LogP contribution in [-0.2, 0) is 0 Å². The molecule has 0 aliphatic heterocycles. The third-order valence-electron chi connectivity index (χ3n) is 2.23. The highest BCUT2D eigenvalue weighted by molar-refractivity contribution is 4.66. The van der Waals surface area contributed by atoms with E-state index in [1.807, 2.05) is 4.68 Å². The summed E-state index contributed by atoms with van der Waals surface area (Å²) in [4.78, 5) is 3.92. The number of aromatic nitrogens is 3. The highest BCUT2D eigenvalue weighted by Crippen LogP contribution is 2.00.